The van der Waals surface area contributed by atoms with Crippen LogP contribution in [0.4, 0.5) is 4.39 Å². The van der Waals surface area contributed by atoms with Crippen molar-refractivity contribution >= 4 is 27.4 Å². The Morgan fingerprint density at radius 3 is 2.42 bits per heavy atom. The third-order valence-corrected chi connectivity index (χ3v) is 10.1. The SMILES string of the molecule is Cc1ccc(-c2cc(-c3nn(-c4nc(C(=O)O)cs4)c(CC4CC4)c3Cc3ccc([SH](N)(=O)CO)cc3)ccc2F)cc1. The van der Waals surface area contributed by atoms with E-state index < -0.39 is 22.0 Å². The minimum atomic E-state index is -3.34. The van der Waals surface area contributed by atoms with Crippen molar-refractivity contribution in [2.24, 2.45) is 11.1 Å². The molecule has 1 aliphatic rings. The first-order valence-corrected chi connectivity index (χ1v) is 16.7. The molecule has 8 nitrogen and oxygen atoms in total. The smallest absolute Gasteiger partial charge is 0.355 e. The van der Waals surface area contributed by atoms with Crippen LogP contribution in [0.5, 0.6) is 0 Å². The Bertz CT molecular complexity index is 1860. The number of aryl methyl sites for hydroxylation is 1. The quantitative estimate of drug-likeness (QED) is 0.152. The van der Waals surface area contributed by atoms with Crippen molar-refractivity contribution in [2.45, 2.75) is 37.5 Å². The van der Waals surface area contributed by atoms with Crippen LogP contribution >= 0.6 is 11.3 Å². The summed E-state index contributed by atoms with van der Waals surface area (Å²) < 4.78 is 29.4. The normalized spacial score (nSPS) is 13.8. The number of carbonyl (C=O) groups is 1. The molecule has 11 heteroatoms. The number of rotatable bonds is 10. The van der Waals surface area contributed by atoms with Gasteiger partial charge in [-0.25, -0.2) is 18.9 Å². The predicted molar refractivity (Wildman–Crippen MR) is 167 cm³/mol. The summed E-state index contributed by atoms with van der Waals surface area (Å²) in [7, 11) is -3.34. The summed E-state index contributed by atoms with van der Waals surface area (Å²) in [4.78, 5) is 16.4. The molecule has 0 bridgehead atoms. The van der Waals surface area contributed by atoms with Gasteiger partial charge in [-0.3, -0.25) is 9.35 Å². The first-order chi connectivity index (χ1) is 20.6. The Labute approximate surface area is 253 Å². The molecule has 0 radical (unpaired) electrons. The van der Waals surface area contributed by atoms with Gasteiger partial charge < -0.3 is 10.2 Å². The molecule has 3 aromatic carbocycles. The van der Waals surface area contributed by atoms with E-state index in [1.54, 1.807) is 28.9 Å². The molecule has 0 aliphatic heterocycles. The van der Waals surface area contributed by atoms with Gasteiger partial charge in [-0.05, 0) is 83.7 Å². The van der Waals surface area contributed by atoms with Crippen molar-refractivity contribution in [3.63, 3.8) is 0 Å². The molecule has 6 rings (SSSR count). The van der Waals surface area contributed by atoms with Crippen LogP contribution in [0.1, 0.15) is 45.7 Å². The van der Waals surface area contributed by atoms with Crippen LogP contribution in [0.2, 0.25) is 0 Å². The van der Waals surface area contributed by atoms with E-state index in [0.29, 0.717) is 33.6 Å². The fourth-order valence-electron chi connectivity index (χ4n) is 5.10. The van der Waals surface area contributed by atoms with Crippen molar-refractivity contribution in [3.05, 3.63) is 106 Å². The number of nitrogens with two attached hydrogens (primary N) is 1. The van der Waals surface area contributed by atoms with Gasteiger partial charge in [0.15, 0.2) is 5.69 Å². The fraction of sp³-hybridized carbons (Fsp3) is 0.219. The molecule has 2 aromatic heterocycles. The zero-order valence-corrected chi connectivity index (χ0v) is 25.1. The van der Waals surface area contributed by atoms with Gasteiger partial charge in [-0.2, -0.15) is 5.10 Å². The highest BCUT2D eigenvalue weighted by Gasteiger charge is 2.29. The lowest BCUT2D eigenvalue weighted by molar-refractivity contribution is 0.0691. The number of aromatic nitrogens is 3. The van der Waals surface area contributed by atoms with Crippen LogP contribution in [-0.2, 0) is 23.0 Å². The summed E-state index contributed by atoms with van der Waals surface area (Å²) in [5.41, 5.74) is 6.36. The second kappa shape index (κ2) is 11.6. The Hall–Kier alpha value is -4.03. The average Bonchev–Trinajstić information content (AvgIpc) is 3.56. The van der Waals surface area contributed by atoms with Gasteiger partial charge in [0.1, 0.15) is 11.8 Å². The number of carboxylic acid groups (broad SMARTS) is 1. The molecule has 222 valence electrons. The number of thiazole rings is 1. The maximum Gasteiger partial charge on any atom is 0.355 e. The van der Waals surface area contributed by atoms with Crippen LogP contribution in [0.25, 0.3) is 27.5 Å². The molecule has 1 saturated carbocycles. The Kier molecular flexibility index (Phi) is 7.82. The molecule has 4 N–H and O–H groups in total. The minimum Gasteiger partial charge on any atom is -0.476 e. The largest absolute Gasteiger partial charge is 0.476 e. The number of hydrogen-bond acceptors (Lipinski definition) is 6. The lowest BCUT2D eigenvalue weighted by atomic mass is 9.95. The highest BCUT2D eigenvalue weighted by Crippen LogP contribution is 2.39. The minimum absolute atomic E-state index is 0.0508. The van der Waals surface area contributed by atoms with Gasteiger partial charge in [0.25, 0.3) is 0 Å². The summed E-state index contributed by atoms with van der Waals surface area (Å²) in [5.74, 6) is -1.59. The predicted octanol–water partition coefficient (Wildman–Crippen LogP) is 5.55. The number of halogens is 1. The second-order valence-electron chi connectivity index (χ2n) is 11.0. The van der Waals surface area contributed by atoms with Gasteiger partial charge in [0, 0.05) is 33.4 Å². The van der Waals surface area contributed by atoms with Gasteiger partial charge in [-0.15, -0.1) is 11.3 Å². The number of aliphatic hydroxyl groups is 1. The molecular formula is C32H31FN4O4S2. The van der Waals surface area contributed by atoms with Crippen LogP contribution in [-0.4, -0.2) is 41.1 Å². The third kappa shape index (κ3) is 6.07. The van der Waals surface area contributed by atoms with Crippen LogP contribution < -0.4 is 5.14 Å². The van der Waals surface area contributed by atoms with Gasteiger partial charge in [0.05, 0.1) is 11.4 Å². The Balaban J connectivity index is 1.51. The van der Waals surface area contributed by atoms with Crippen LogP contribution in [0.3, 0.4) is 0 Å². The van der Waals surface area contributed by atoms with Gasteiger partial charge in [-0.1, -0.05) is 42.0 Å². The summed E-state index contributed by atoms with van der Waals surface area (Å²) >= 11 is 1.21. The fourth-order valence-corrected chi connectivity index (χ4v) is 6.69. The van der Waals surface area contributed by atoms with E-state index >= 15 is 4.39 Å². The van der Waals surface area contributed by atoms with Crippen molar-refractivity contribution in [1.29, 1.82) is 0 Å². The Morgan fingerprint density at radius 2 is 1.79 bits per heavy atom. The molecule has 2 heterocycles. The van der Waals surface area contributed by atoms with Crippen molar-refractivity contribution in [1.82, 2.24) is 14.8 Å². The lowest BCUT2D eigenvalue weighted by Crippen LogP contribution is -2.26. The van der Waals surface area contributed by atoms with Crippen molar-refractivity contribution < 1.29 is 23.6 Å². The van der Waals surface area contributed by atoms with E-state index in [1.807, 2.05) is 43.3 Å². The first-order valence-electron chi connectivity index (χ1n) is 13.9. The maximum absolute atomic E-state index is 15.2. The maximum atomic E-state index is 15.2. The summed E-state index contributed by atoms with van der Waals surface area (Å²) in [6.45, 7) is 1.98. The lowest BCUT2D eigenvalue weighted by Gasteiger charge is -2.16. The highest BCUT2D eigenvalue weighted by atomic mass is 32.3. The molecule has 1 fully saturated rings. The standard InChI is InChI=1S/C32H31FN4O4S2/c1-19-2-8-22(9-3-19)25-16-23(10-13-27(25)33)30-26(14-20-6-11-24(12-7-20)43(34,41)18-38)29(15-21-4-5-21)37(36-30)32-35-28(17-42-32)31(39)40/h2-3,6-13,16-17,21,38,43H,4-5,14-15,18H2,1H3,(H2,34,41)(H,39,40). The van der Waals surface area contributed by atoms with Gasteiger partial charge >= 0.3 is 5.97 Å². The zero-order chi connectivity index (χ0) is 30.3. The molecule has 0 saturated heterocycles. The third-order valence-electron chi connectivity index (χ3n) is 7.73. The molecule has 0 atom stereocenters. The van der Waals surface area contributed by atoms with E-state index in [0.717, 1.165) is 52.8 Å². The van der Waals surface area contributed by atoms with E-state index in [-0.39, 0.29) is 11.5 Å². The van der Waals surface area contributed by atoms with E-state index in [2.05, 4.69) is 4.98 Å². The van der Waals surface area contributed by atoms with Crippen molar-refractivity contribution in [2.75, 3.05) is 5.94 Å². The topological polar surface area (TPSA) is 131 Å². The summed E-state index contributed by atoms with van der Waals surface area (Å²) in [6, 6.07) is 19.6. The molecule has 43 heavy (non-hydrogen) atoms. The van der Waals surface area contributed by atoms with Gasteiger partial charge in [0.2, 0.25) is 5.13 Å². The molecule has 0 amide bonds. The van der Waals surface area contributed by atoms with E-state index in [4.69, 9.17) is 10.2 Å². The number of aromatic carboxylic acids is 1. The molecular weight excluding hydrogens is 588 g/mol. The second-order valence-corrected chi connectivity index (χ2v) is 14.2. The molecule has 0 unspecified atom stereocenters. The van der Waals surface area contributed by atoms with E-state index in [9.17, 15) is 19.2 Å². The first kappa shape index (κ1) is 29.1. The van der Waals surface area contributed by atoms with Crippen LogP contribution in [0, 0.1) is 18.7 Å². The van der Waals surface area contributed by atoms with Crippen LogP contribution in [0.15, 0.2) is 77.0 Å². The number of hydrogen-bond donors (Lipinski definition) is 4. The molecule has 5 aromatic rings. The highest BCUT2D eigenvalue weighted by molar-refractivity contribution is 8.00. The van der Waals surface area contributed by atoms with E-state index in [1.165, 1.54) is 22.8 Å². The Morgan fingerprint density at radius 1 is 1.09 bits per heavy atom. The summed E-state index contributed by atoms with van der Waals surface area (Å²) in [5, 5.41) is 31.7. The summed E-state index contributed by atoms with van der Waals surface area (Å²) in [6.07, 6.45) is 3.37. The monoisotopic (exact) mass is 618 g/mol. The molecule has 1 aliphatic carbocycles. The van der Waals surface area contributed by atoms with Crippen molar-refractivity contribution in [3.8, 4) is 27.5 Å². The molecule has 0 spiro atoms. The number of aliphatic hydroxyl groups excluding tert-OH is 1. The number of thiol groups is 1. The number of carboxylic acids is 1. The average molecular weight is 619 g/mol. The zero-order valence-electron chi connectivity index (χ0n) is 23.4. The number of nitrogens with zero attached hydrogens (tertiary/aromatic N) is 3. The number of benzene rings is 3.